The van der Waals surface area contributed by atoms with Crippen LogP contribution in [-0.4, -0.2) is 0 Å². The van der Waals surface area contributed by atoms with Gasteiger partial charge in [-0.15, -0.1) is 0 Å². The van der Waals surface area contributed by atoms with Gasteiger partial charge in [0.05, 0.1) is 0 Å². The third kappa shape index (κ3) is 4.16. The summed E-state index contributed by atoms with van der Waals surface area (Å²) < 4.78 is 0. The first-order valence-electron chi connectivity index (χ1n) is 3.70. The second kappa shape index (κ2) is 8.60. The fourth-order valence-corrected chi connectivity index (χ4v) is 1.61. The van der Waals surface area contributed by atoms with Crippen molar-refractivity contribution in [1.82, 2.24) is 0 Å². The normalized spacial score (nSPS) is 12.0. The molecule has 0 aliphatic heterocycles. The van der Waals surface area contributed by atoms with Gasteiger partial charge in [0.1, 0.15) is 0 Å². The molecule has 1 aliphatic carbocycles. The van der Waals surface area contributed by atoms with Gasteiger partial charge < -0.3 is 14.1 Å². The van der Waals surface area contributed by atoms with E-state index in [0.29, 0.717) is 0 Å². The van der Waals surface area contributed by atoms with Crippen molar-refractivity contribution in [2.75, 3.05) is 0 Å². The fraction of sp³-hybridized carbons (Fsp3) is 0.444. The summed E-state index contributed by atoms with van der Waals surface area (Å²) in [7, 11) is 0. The summed E-state index contributed by atoms with van der Waals surface area (Å²) in [5.41, 5.74) is 3.20. The van der Waals surface area contributed by atoms with Crippen molar-refractivity contribution in [2.45, 2.75) is 25.7 Å². The average molecular weight is 355 g/mol. The Balaban J connectivity index is -0.000000250. The molecule has 1 aromatic rings. The van der Waals surface area contributed by atoms with Crippen LogP contribution < -0.4 is 14.1 Å². The van der Waals surface area contributed by atoms with E-state index >= 15 is 0 Å². The molecule has 0 unspecified atom stereocenters. The summed E-state index contributed by atoms with van der Waals surface area (Å²) in [6.07, 6.45) is 5.44. The Morgan fingerprint density at radius 2 is 1.62 bits per heavy atom. The van der Waals surface area contributed by atoms with Crippen LogP contribution in [0.1, 0.15) is 24.0 Å². The SMILES string of the molecule is [F-].[F-].[F-].[Hf+4].c1cc2c([cH-]1)CCCC2. The van der Waals surface area contributed by atoms with E-state index < -0.39 is 0 Å². The summed E-state index contributed by atoms with van der Waals surface area (Å²) in [6.45, 7) is 0. The van der Waals surface area contributed by atoms with Crippen molar-refractivity contribution >= 4 is 0 Å². The van der Waals surface area contributed by atoms with Crippen molar-refractivity contribution in [2.24, 2.45) is 0 Å². The number of halogens is 3. The van der Waals surface area contributed by atoms with Gasteiger partial charge in [0, 0.05) is 0 Å². The van der Waals surface area contributed by atoms with Crippen LogP contribution in [-0.2, 0) is 38.7 Å². The van der Waals surface area contributed by atoms with Crippen LogP contribution in [0.15, 0.2) is 18.2 Å². The van der Waals surface area contributed by atoms with Crippen LogP contribution in [0.5, 0.6) is 0 Å². The van der Waals surface area contributed by atoms with Crippen LogP contribution >= 0.6 is 0 Å². The van der Waals surface area contributed by atoms with Gasteiger partial charge in [-0.25, -0.2) is 6.07 Å². The van der Waals surface area contributed by atoms with Crippen LogP contribution in [0.4, 0.5) is 0 Å². The van der Waals surface area contributed by atoms with Crippen molar-refractivity contribution in [3.63, 3.8) is 0 Å². The Hall–Kier alpha value is 0.0101. The average Bonchev–Trinajstić information content (AvgIpc) is 2.33. The Bertz CT molecular complexity index is 190. The van der Waals surface area contributed by atoms with Crippen LogP contribution in [0, 0.1) is 0 Å². The van der Waals surface area contributed by atoms with Crippen molar-refractivity contribution in [3.8, 4) is 0 Å². The summed E-state index contributed by atoms with van der Waals surface area (Å²) in [5.74, 6) is 0. The number of fused-ring (bicyclic) bond motifs is 1. The van der Waals surface area contributed by atoms with Crippen molar-refractivity contribution in [3.05, 3.63) is 29.3 Å². The predicted octanol–water partition coefficient (Wildman–Crippen LogP) is -6.71. The van der Waals surface area contributed by atoms with Gasteiger partial charge in [-0.1, -0.05) is 25.7 Å². The van der Waals surface area contributed by atoms with E-state index in [1.807, 2.05) is 0 Å². The molecule has 0 saturated carbocycles. The topological polar surface area (TPSA) is 0 Å². The first kappa shape index (κ1) is 18.7. The van der Waals surface area contributed by atoms with Gasteiger partial charge in [-0.3, -0.25) is 0 Å². The molecule has 0 N–H and O–H groups in total. The van der Waals surface area contributed by atoms with E-state index in [1.54, 1.807) is 11.1 Å². The van der Waals surface area contributed by atoms with E-state index in [1.165, 1.54) is 25.7 Å². The van der Waals surface area contributed by atoms with Crippen LogP contribution in [0.25, 0.3) is 0 Å². The molecule has 0 bridgehead atoms. The van der Waals surface area contributed by atoms with Crippen LogP contribution in [0.3, 0.4) is 0 Å². The minimum atomic E-state index is 0. The van der Waals surface area contributed by atoms with Gasteiger partial charge in [-0.05, 0) is 0 Å². The zero-order chi connectivity index (χ0) is 6.10. The smallest absolute Gasteiger partial charge is 1.00 e. The Morgan fingerprint density at radius 1 is 1.00 bits per heavy atom. The summed E-state index contributed by atoms with van der Waals surface area (Å²) in [6, 6.07) is 6.69. The molecule has 4 heteroatoms. The molecule has 1 aliphatic rings. The Morgan fingerprint density at radius 3 is 2.23 bits per heavy atom. The standard InChI is InChI=1S/C9H11.3FH.Hf/c1-2-5-9-7-3-6-8(9)4-1;;;;/h3,6-7H,1-2,4-5H2;3*1H;/q-1;;;;+4/p-3. The van der Waals surface area contributed by atoms with E-state index in [4.69, 9.17) is 0 Å². The molecule has 0 aromatic heterocycles. The van der Waals surface area contributed by atoms with Gasteiger partial charge >= 0.3 is 25.8 Å². The monoisotopic (exact) mass is 356 g/mol. The number of hydrogen-bond donors (Lipinski definition) is 0. The second-order valence-electron chi connectivity index (χ2n) is 2.78. The summed E-state index contributed by atoms with van der Waals surface area (Å²) in [4.78, 5) is 0. The molecule has 0 fully saturated rings. The molecule has 13 heavy (non-hydrogen) atoms. The number of aryl methyl sites for hydroxylation is 2. The number of rotatable bonds is 0. The molecular formula is C9H11F3Hf. The molecule has 0 saturated heterocycles. The summed E-state index contributed by atoms with van der Waals surface area (Å²) in [5, 5.41) is 0. The molecule has 1 aromatic carbocycles. The fourth-order valence-electron chi connectivity index (χ4n) is 1.61. The van der Waals surface area contributed by atoms with Gasteiger partial charge in [0.2, 0.25) is 0 Å². The molecule has 72 valence electrons. The third-order valence-electron chi connectivity index (χ3n) is 2.15. The largest absolute Gasteiger partial charge is 4.00 e. The predicted molar refractivity (Wildman–Crippen MR) is 38.7 cm³/mol. The molecular weight excluding hydrogens is 344 g/mol. The van der Waals surface area contributed by atoms with Crippen LogP contribution in [0.2, 0.25) is 0 Å². The Kier molecular flexibility index (Phi) is 12.4. The van der Waals surface area contributed by atoms with E-state index in [9.17, 15) is 0 Å². The molecule has 0 radical (unpaired) electrons. The molecule has 0 spiro atoms. The molecule has 2 rings (SSSR count). The first-order valence-corrected chi connectivity index (χ1v) is 3.70. The van der Waals surface area contributed by atoms with Gasteiger partial charge in [0.15, 0.2) is 0 Å². The number of hydrogen-bond acceptors (Lipinski definition) is 0. The molecule has 0 nitrogen and oxygen atoms in total. The Labute approximate surface area is 95.0 Å². The maximum absolute atomic E-state index is 2.26. The van der Waals surface area contributed by atoms with E-state index in [2.05, 4.69) is 18.2 Å². The van der Waals surface area contributed by atoms with Crippen molar-refractivity contribution < 1.29 is 40.0 Å². The summed E-state index contributed by atoms with van der Waals surface area (Å²) >= 11 is 0. The minimum absolute atomic E-state index is 0. The third-order valence-corrected chi connectivity index (χ3v) is 2.15. The maximum Gasteiger partial charge on any atom is 4.00 e. The first-order chi connectivity index (χ1) is 4.47. The molecule has 0 amide bonds. The minimum Gasteiger partial charge on any atom is -1.00 e. The molecule has 0 heterocycles. The van der Waals surface area contributed by atoms with Crippen molar-refractivity contribution in [1.29, 1.82) is 0 Å². The maximum atomic E-state index is 2.26. The zero-order valence-electron chi connectivity index (χ0n) is 7.19. The molecule has 0 atom stereocenters. The zero-order valence-corrected chi connectivity index (χ0v) is 10.8. The van der Waals surface area contributed by atoms with E-state index in [-0.39, 0.29) is 40.0 Å². The van der Waals surface area contributed by atoms with E-state index in [0.717, 1.165) is 0 Å². The van der Waals surface area contributed by atoms with Gasteiger partial charge in [-0.2, -0.15) is 23.3 Å². The quantitative estimate of drug-likeness (QED) is 0.321. The van der Waals surface area contributed by atoms with Gasteiger partial charge in [0.25, 0.3) is 0 Å². The second-order valence-corrected chi connectivity index (χ2v) is 2.78.